The molecule has 0 saturated carbocycles. The lowest BCUT2D eigenvalue weighted by molar-refractivity contribution is 0.242. The van der Waals surface area contributed by atoms with Crippen LogP contribution in [-0.4, -0.2) is 12.1 Å². The van der Waals surface area contributed by atoms with Crippen LogP contribution in [0.25, 0.3) is 0 Å². The summed E-state index contributed by atoms with van der Waals surface area (Å²) in [6, 6.07) is 8.57. The molecule has 1 unspecified atom stereocenters. The van der Waals surface area contributed by atoms with E-state index in [0.29, 0.717) is 0 Å². The summed E-state index contributed by atoms with van der Waals surface area (Å²) in [5.74, 6) is 0.936. The zero-order valence-electron chi connectivity index (χ0n) is 11.3. The molecule has 0 heterocycles. The maximum atomic E-state index is 6.08. The lowest BCUT2D eigenvalue weighted by Crippen LogP contribution is -2.22. The first-order chi connectivity index (χ1) is 8.11. The highest BCUT2D eigenvalue weighted by Crippen LogP contribution is 2.15. The van der Waals surface area contributed by atoms with E-state index >= 15 is 0 Å². The topological polar surface area (TPSA) is 35.2 Å². The zero-order valence-corrected chi connectivity index (χ0v) is 11.3. The third-order valence-corrected chi connectivity index (χ3v) is 2.72. The minimum absolute atomic E-state index is 0.229. The van der Waals surface area contributed by atoms with Crippen LogP contribution in [0.3, 0.4) is 0 Å². The summed E-state index contributed by atoms with van der Waals surface area (Å²) in [5, 5.41) is 0. The fourth-order valence-electron chi connectivity index (χ4n) is 1.85. The molecule has 0 fully saturated rings. The van der Waals surface area contributed by atoms with Crippen LogP contribution in [0.15, 0.2) is 24.3 Å². The van der Waals surface area contributed by atoms with Gasteiger partial charge in [-0.3, -0.25) is 0 Å². The number of nitrogens with two attached hydrogens (primary N) is 1. The Bertz CT molecular complexity index is 305. The number of hydrogen-bond donors (Lipinski definition) is 1. The van der Waals surface area contributed by atoms with E-state index in [-0.39, 0.29) is 12.1 Å². The van der Waals surface area contributed by atoms with Crippen molar-refractivity contribution in [1.82, 2.24) is 0 Å². The van der Waals surface area contributed by atoms with Crippen molar-refractivity contribution in [3.63, 3.8) is 0 Å². The van der Waals surface area contributed by atoms with Crippen LogP contribution in [0, 0.1) is 0 Å². The lowest BCUT2D eigenvalue weighted by atomic mass is 10.0. The smallest absolute Gasteiger partial charge is 0.119 e. The Balaban J connectivity index is 2.44. The van der Waals surface area contributed by atoms with Gasteiger partial charge in [0.15, 0.2) is 0 Å². The molecule has 0 aliphatic rings. The predicted octanol–water partition coefficient (Wildman–Crippen LogP) is 3.53. The number of rotatable bonds is 7. The molecule has 0 spiro atoms. The Hall–Kier alpha value is -1.02. The van der Waals surface area contributed by atoms with Crippen molar-refractivity contribution >= 4 is 0 Å². The number of hydrogen-bond acceptors (Lipinski definition) is 2. The first kappa shape index (κ1) is 14.0. The van der Waals surface area contributed by atoms with Crippen molar-refractivity contribution in [3.05, 3.63) is 29.8 Å². The molecular formula is C15H25NO. The molecule has 1 aromatic carbocycles. The van der Waals surface area contributed by atoms with E-state index < -0.39 is 0 Å². The largest absolute Gasteiger partial charge is 0.491 e. The Kier molecular flexibility index (Phi) is 6.06. The lowest BCUT2D eigenvalue weighted by Gasteiger charge is -2.13. The van der Waals surface area contributed by atoms with Crippen LogP contribution in [-0.2, 0) is 6.42 Å². The highest BCUT2D eigenvalue weighted by atomic mass is 16.5. The van der Waals surface area contributed by atoms with Crippen LogP contribution in [0.1, 0.15) is 45.6 Å². The summed E-state index contributed by atoms with van der Waals surface area (Å²) in [4.78, 5) is 0. The molecule has 17 heavy (non-hydrogen) atoms. The summed E-state index contributed by atoms with van der Waals surface area (Å²) in [5.41, 5.74) is 7.38. The van der Waals surface area contributed by atoms with Gasteiger partial charge in [0.1, 0.15) is 5.75 Å². The highest BCUT2D eigenvalue weighted by molar-refractivity contribution is 5.27. The SMILES string of the molecule is CCCCC(N)Cc1ccc(OC(C)C)cc1. The van der Waals surface area contributed by atoms with Crippen molar-refractivity contribution in [2.45, 2.75) is 58.6 Å². The first-order valence-electron chi connectivity index (χ1n) is 6.63. The molecule has 0 radical (unpaired) electrons. The molecular weight excluding hydrogens is 210 g/mol. The van der Waals surface area contributed by atoms with Gasteiger partial charge in [-0.15, -0.1) is 0 Å². The van der Waals surface area contributed by atoms with Gasteiger partial charge in [0.05, 0.1) is 6.10 Å². The van der Waals surface area contributed by atoms with Gasteiger partial charge in [0, 0.05) is 6.04 Å². The van der Waals surface area contributed by atoms with E-state index in [9.17, 15) is 0 Å². The van der Waals surface area contributed by atoms with Crippen LogP contribution in [0.2, 0.25) is 0 Å². The van der Waals surface area contributed by atoms with E-state index in [1.54, 1.807) is 0 Å². The maximum Gasteiger partial charge on any atom is 0.119 e. The molecule has 1 atom stereocenters. The number of benzene rings is 1. The van der Waals surface area contributed by atoms with Crippen molar-refractivity contribution in [1.29, 1.82) is 0 Å². The minimum atomic E-state index is 0.229. The zero-order chi connectivity index (χ0) is 12.7. The second-order valence-electron chi connectivity index (χ2n) is 4.92. The van der Waals surface area contributed by atoms with Crippen molar-refractivity contribution in [2.75, 3.05) is 0 Å². The molecule has 2 nitrogen and oxygen atoms in total. The van der Waals surface area contributed by atoms with E-state index in [0.717, 1.165) is 18.6 Å². The highest BCUT2D eigenvalue weighted by Gasteiger charge is 2.04. The normalized spacial score (nSPS) is 12.8. The van der Waals surface area contributed by atoms with E-state index in [1.165, 1.54) is 18.4 Å². The van der Waals surface area contributed by atoms with Crippen LogP contribution in [0.5, 0.6) is 5.75 Å². The Labute approximate surface area is 105 Å². The average molecular weight is 235 g/mol. The van der Waals surface area contributed by atoms with Crippen LogP contribution in [0.4, 0.5) is 0 Å². The molecule has 2 heteroatoms. The van der Waals surface area contributed by atoms with Gasteiger partial charge in [-0.2, -0.15) is 0 Å². The summed E-state index contributed by atoms with van der Waals surface area (Å²) in [6.07, 6.45) is 4.74. The summed E-state index contributed by atoms with van der Waals surface area (Å²) in [6.45, 7) is 6.27. The Morgan fingerprint density at radius 1 is 1.18 bits per heavy atom. The molecule has 0 saturated heterocycles. The van der Waals surface area contributed by atoms with Crippen molar-refractivity contribution < 1.29 is 4.74 Å². The minimum Gasteiger partial charge on any atom is -0.491 e. The quantitative estimate of drug-likeness (QED) is 0.784. The maximum absolute atomic E-state index is 6.08. The summed E-state index contributed by atoms with van der Waals surface area (Å²) in [7, 11) is 0. The second-order valence-corrected chi connectivity index (χ2v) is 4.92. The van der Waals surface area contributed by atoms with Gasteiger partial charge in [0.25, 0.3) is 0 Å². The van der Waals surface area contributed by atoms with Gasteiger partial charge in [-0.1, -0.05) is 31.9 Å². The standard InChI is InChI=1S/C15H25NO/c1-4-5-6-14(16)11-13-7-9-15(10-8-13)17-12(2)3/h7-10,12,14H,4-6,11,16H2,1-3H3. The predicted molar refractivity (Wildman–Crippen MR) is 73.4 cm³/mol. The summed E-state index contributed by atoms with van der Waals surface area (Å²) >= 11 is 0. The van der Waals surface area contributed by atoms with Gasteiger partial charge in [-0.05, 0) is 44.4 Å². The third kappa shape index (κ3) is 5.73. The van der Waals surface area contributed by atoms with Crippen LogP contribution >= 0.6 is 0 Å². The second kappa shape index (κ2) is 7.33. The van der Waals surface area contributed by atoms with E-state index in [1.807, 2.05) is 26.0 Å². The van der Waals surface area contributed by atoms with Crippen molar-refractivity contribution in [2.24, 2.45) is 5.73 Å². The monoisotopic (exact) mass is 235 g/mol. The molecule has 1 aromatic rings. The van der Waals surface area contributed by atoms with E-state index in [4.69, 9.17) is 10.5 Å². The molecule has 0 aromatic heterocycles. The third-order valence-electron chi connectivity index (χ3n) is 2.72. The molecule has 96 valence electrons. The van der Waals surface area contributed by atoms with Gasteiger partial charge >= 0.3 is 0 Å². The van der Waals surface area contributed by atoms with Gasteiger partial charge in [0.2, 0.25) is 0 Å². The van der Waals surface area contributed by atoms with Gasteiger partial charge in [-0.25, -0.2) is 0 Å². The molecule has 0 bridgehead atoms. The average Bonchev–Trinajstić information content (AvgIpc) is 2.28. The molecule has 0 amide bonds. The van der Waals surface area contributed by atoms with Crippen LogP contribution < -0.4 is 10.5 Å². The Morgan fingerprint density at radius 3 is 2.35 bits per heavy atom. The van der Waals surface area contributed by atoms with E-state index in [2.05, 4.69) is 19.1 Å². The molecule has 0 aliphatic carbocycles. The Morgan fingerprint density at radius 2 is 1.82 bits per heavy atom. The molecule has 2 N–H and O–H groups in total. The van der Waals surface area contributed by atoms with Gasteiger partial charge < -0.3 is 10.5 Å². The molecule has 1 rings (SSSR count). The fraction of sp³-hybridized carbons (Fsp3) is 0.600. The number of unbranched alkanes of at least 4 members (excludes halogenated alkanes) is 1. The fourth-order valence-corrected chi connectivity index (χ4v) is 1.85. The number of ether oxygens (including phenoxy) is 1. The summed E-state index contributed by atoms with van der Waals surface area (Å²) < 4.78 is 5.61. The van der Waals surface area contributed by atoms with Crippen molar-refractivity contribution in [3.8, 4) is 5.75 Å². The molecule has 0 aliphatic heterocycles. The first-order valence-corrected chi connectivity index (χ1v) is 6.63.